The smallest absolute Gasteiger partial charge is 0.196 e. The lowest BCUT2D eigenvalue weighted by Crippen LogP contribution is -2.02. The van der Waals surface area contributed by atoms with Crippen LogP contribution in [-0.2, 0) is 5.75 Å². The van der Waals surface area contributed by atoms with E-state index in [1.807, 2.05) is 54.6 Å². The lowest BCUT2D eigenvalue weighted by Gasteiger charge is -2.14. The Bertz CT molecular complexity index is 1140. The Morgan fingerprint density at radius 1 is 0.966 bits per heavy atom. The zero-order chi connectivity index (χ0) is 20.2. The largest absolute Gasteiger partial charge is 0.496 e. The minimum Gasteiger partial charge on any atom is -0.496 e. The molecule has 0 saturated heterocycles. The molecule has 0 N–H and O–H groups in total. The molecule has 3 aromatic carbocycles. The Balaban J connectivity index is 1.80. The highest BCUT2D eigenvalue weighted by Gasteiger charge is 2.20. The molecule has 4 nitrogen and oxygen atoms in total. The molecule has 0 amide bonds. The van der Waals surface area contributed by atoms with Crippen molar-refractivity contribution < 1.29 is 4.74 Å². The van der Waals surface area contributed by atoms with Gasteiger partial charge in [0.1, 0.15) is 5.75 Å². The lowest BCUT2D eigenvalue weighted by molar-refractivity contribution is 0.416. The van der Waals surface area contributed by atoms with Crippen molar-refractivity contribution in [3.05, 3.63) is 88.9 Å². The monoisotopic (exact) mass is 421 g/mol. The minimum atomic E-state index is 0.734. The Kier molecular flexibility index (Phi) is 5.88. The van der Waals surface area contributed by atoms with Gasteiger partial charge in [-0.2, -0.15) is 0 Å². The van der Waals surface area contributed by atoms with E-state index in [-0.39, 0.29) is 0 Å². The first-order valence-corrected chi connectivity index (χ1v) is 10.6. The van der Waals surface area contributed by atoms with Crippen LogP contribution in [0.25, 0.3) is 17.1 Å². The van der Waals surface area contributed by atoms with Gasteiger partial charge in [-0.05, 0) is 48.4 Å². The fourth-order valence-corrected chi connectivity index (χ4v) is 4.27. The second kappa shape index (κ2) is 8.72. The van der Waals surface area contributed by atoms with Gasteiger partial charge in [-0.1, -0.05) is 65.8 Å². The van der Waals surface area contributed by atoms with E-state index in [4.69, 9.17) is 16.3 Å². The van der Waals surface area contributed by atoms with Crippen LogP contribution in [0.15, 0.2) is 78.0 Å². The Labute approximate surface area is 179 Å². The summed E-state index contributed by atoms with van der Waals surface area (Å²) in [6.45, 7) is 2.09. The molecular weight excluding hydrogens is 402 g/mol. The van der Waals surface area contributed by atoms with Gasteiger partial charge in [-0.3, -0.25) is 4.57 Å². The van der Waals surface area contributed by atoms with Crippen molar-refractivity contribution in [1.29, 1.82) is 0 Å². The minimum absolute atomic E-state index is 0.734. The Morgan fingerprint density at radius 2 is 1.76 bits per heavy atom. The molecule has 1 aromatic heterocycles. The fourth-order valence-electron chi connectivity index (χ4n) is 3.17. The predicted molar refractivity (Wildman–Crippen MR) is 119 cm³/mol. The maximum atomic E-state index is 6.14. The summed E-state index contributed by atoms with van der Waals surface area (Å²) in [5.41, 5.74) is 4.24. The molecule has 4 rings (SSSR count). The van der Waals surface area contributed by atoms with Crippen molar-refractivity contribution in [1.82, 2.24) is 14.8 Å². The number of aromatic nitrogens is 3. The van der Waals surface area contributed by atoms with E-state index in [2.05, 4.69) is 39.9 Å². The molecule has 0 aliphatic carbocycles. The number of nitrogens with zero attached hydrogens (tertiary/aromatic N) is 3. The third kappa shape index (κ3) is 4.16. The molecule has 1 heterocycles. The maximum Gasteiger partial charge on any atom is 0.196 e. The number of hydrogen-bond donors (Lipinski definition) is 0. The van der Waals surface area contributed by atoms with E-state index in [1.165, 1.54) is 0 Å². The number of rotatable bonds is 6. The van der Waals surface area contributed by atoms with E-state index < -0.39 is 0 Å². The summed E-state index contributed by atoms with van der Waals surface area (Å²) in [6, 6.07) is 24.0. The van der Waals surface area contributed by atoms with Gasteiger partial charge >= 0.3 is 0 Å². The second-order valence-corrected chi connectivity index (χ2v) is 7.93. The van der Waals surface area contributed by atoms with E-state index in [9.17, 15) is 0 Å². The average Bonchev–Trinajstić information content (AvgIpc) is 3.16. The Morgan fingerprint density at radius 3 is 2.55 bits per heavy atom. The first-order chi connectivity index (χ1) is 14.2. The molecule has 0 atom stereocenters. The first kappa shape index (κ1) is 19.6. The normalized spacial score (nSPS) is 10.9. The topological polar surface area (TPSA) is 39.9 Å². The Hall–Kier alpha value is -2.76. The van der Waals surface area contributed by atoms with Crippen molar-refractivity contribution in [3.8, 4) is 22.8 Å². The first-order valence-electron chi connectivity index (χ1n) is 9.19. The van der Waals surface area contributed by atoms with Crippen molar-refractivity contribution in [2.24, 2.45) is 0 Å². The third-order valence-corrected chi connectivity index (χ3v) is 5.83. The second-order valence-electron chi connectivity index (χ2n) is 6.55. The van der Waals surface area contributed by atoms with E-state index in [0.29, 0.717) is 0 Å². The summed E-state index contributed by atoms with van der Waals surface area (Å²) in [6.07, 6.45) is 0. The summed E-state index contributed by atoms with van der Waals surface area (Å²) in [7, 11) is 1.67. The molecule has 0 saturated carbocycles. The molecule has 4 aromatic rings. The number of hydrogen-bond acceptors (Lipinski definition) is 4. The number of ether oxygens (including phenoxy) is 1. The van der Waals surface area contributed by atoms with Gasteiger partial charge in [-0.25, -0.2) is 0 Å². The van der Waals surface area contributed by atoms with Crippen LogP contribution < -0.4 is 4.74 Å². The van der Waals surface area contributed by atoms with Crippen LogP contribution in [0.1, 0.15) is 11.1 Å². The summed E-state index contributed by atoms with van der Waals surface area (Å²) in [4.78, 5) is 0. The molecule has 0 spiro atoms. The molecule has 0 fully saturated rings. The highest BCUT2D eigenvalue weighted by atomic mass is 35.5. The number of thioether (sulfide) groups is 1. The predicted octanol–water partition coefficient (Wildman–Crippen LogP) is 6.20. The highest BCUT2D eigenvalue weighted by Crippen LogP contribution is 2.35. The van der Waals surface area contributed by atoms with Crippen molar-refractivity contribution >= 4 is 23.4 Å². The van der Waals surface area contributed by atoms with E-state index >= 15 is 0 Å². The molecule has 0 aliphatic heterocycles. The highest BCUT2D eigenvalue weighted by molar-refractivity contribution is 7.98. The molecular formula is C23H20ClN3OS. The zero-order valence-corrected chi connectivity index (χ0v) is 17.7. The number of para-hydroxylation sites is 2. The van der Waals surface area contributed by atoms with Crippen molar-refractivity contribution in [2.45, 2.75) is 17.8 Å². The lowest BCUT2D eigenvalue weighted by atomic mass is 10.1. The molecule has 0 bridgehead atoms. The summed E-state index contributed by atoms with van der Waals surface area (Å²) < 4.78 is 7.67. The SMILES string of the molecule is COc1ccccc1-c1nnc(SCc2cccc(Cl)c2)n1-c1ccccc1C. The van der Waals surface area contributed by atoms with Crippen LogP contribution in [0.3, 0.4) is 0 Å². The standard InChI is InChI=1S/C23H20ClN3OS/c1-16-8-3-5-12-20(16)27-22(19-11-4-6-13-21(19)28-2)25-26-23(27)29-15-17-9-7-10-18(24)14-17/h3-14H,15H2,1-2H3. The van der Waals surface area contributed by atoms with Crippen molar-refractivity contribution in [3.63, 3.8) is 0 Å². The number of aryl methyl sites for hydroxylation is 1. The van der Waals surface area contributed by atoms with Gasteiger partial charge in [0.25, 0.3) is 0 Å². The van der Waals surface area contributed by atoms with Gasteiger partial charge < -0.3 is 4.74 Å². The van der Waals surface area contributed by atoms with Crippen LogP contribution in [0.4, 0.5) is 0 Å². The van der Waals surface area contributed by atoms with Crippen LogP contribution in [-0.4, -0.2) is 21.9 Å². The fraction of sp³-hybridized carbons (Fsp3) is 0.130. The van der Waals surface area contributed by atoms with Gasteiger partial charge in [0, 0.05) is 10.8 Å². The molecule has 0 aliphatic rings. The number of halogens is 1. The molecule has 0 unspecified atom stereocenters. The van der Waals surface area contributed by atoms with Gasteiger partial charge in [0.15, 0.2) is 11.0 Å². The van der Waals surface area contributed by atoms with Crippen LogP contribution >= 0.6 is 23.4 Å². The van der Waals surface area contributed by atoms with E-state index in [1.54, 1.807) is 18.9 Å². The molecule has 29 heavy (non-hydrogen) atoms. The summed E-state index contributed by atoms with van der Waals surface area (Å²) >= 11 is 7.77. The van der Waals surface area contributed by atoms with Gasteiger partial charge in [0.05, 0.1) is 18.4 Å². The van der Waals surface area contributed by atoms with E-state index in [0.717, 1.165) is 49.9 Å². The molecule has 0 radical (unpaired) electrons. The quantitative estimate of drug-likeness (QED) is 0.347. The third-order valence-electron chi connectivity index (χ3n) is 4.59. The van der Waals surface area contributed by atoms with Gasteiger partial charge in [-0.15, -0.1) is 10.2 Å². The number of benzene rings is 3. The molecule has 146 valence electrons. The van der Waals surface area contributed by atoms with Crippen LogP contribution in [0.5, 0.6) is 5.75 Å². The maximum absolute atomic E-state index is 6.14. The van der Waals surface area contributed by atoms with Crippen LogP contribution in [0.2, 0.25) is 5.02 Å². The van der Waals surface area contributed by atoms with Crippen molar-refractivity contribution in [2.75, 3.05) is 7.11 Å². The summed E-state index contributed by atoms with van der Waals surface area (Å²) in [5.74, 6) is 2.27. The van der Waals surface area contributed by atoms with Crippen LogP contribution in [0, 0.1) is 6.92 Å². The summed E-state index contributed by atoms with van der Waals surface area (Å²) in [5, 5.41) is 10.6. The zero-order valence-electron chi connectivity index (χ0n) is 16.2. The number of methoxy groups -OCH3 is 1. The van der Waals surface area contributed by atoms with Gasteiger partial charge in [0.2, 0.25) is 0 Å². The molecule has 6 heteroatoms. The average molecular weight is 422 g/mol.